The molecule has 0 radical (unpaired) electrons. The predicted octanol–water partition coefficient (Wildman–Crippen LogP) is 4.99. The van der Waals surface area contributed by atoms with Crippen molar-refractivity contribution in [2.75, 3.05) is 60.2 Å². The van der Waals surface area contributed by atoms with Gasteiger partial charge in [0, 0.05) is 70.8 Å². The number of benzene rings is 4. The molecule has 3 heterocycles. The van der Waals surface area contributed by atoms with E-state index in [4.69, 9.17) is 9.72 Å². The van der Waals surface area contributed by atoms with E-state index in [9.17, 15) is 15.3 Å². The van der Waals surface area contributed by atoms with E-state index >= 15 is 0 Å². The lowest BCUT2D eigenvalue weighted by Crippen LogP contribution is -2.38. The molecule has 1 unspecified atom stereocenters. The molecule has 0 aliphatic carbocycles. The van der Waals surface area contributed by atoms with Crippen LogP contribution in [0.4, 0.5) is 11.4 Å². The molecule has 7 rings (SSSR count). The Morgan fingerprint density at radius 3 is 1.91 bits per heavy atom. The fraction of sp³-hybridized carbons (Fsp3) is 0.265. The molecule has 1 spiro atoms. The summed E-state index contributed by atoms with van der Waals surface area (Å²) in [6, 6.07) is 29.3. The number of ether oxygens (including phenoxy) is 1. The highest BCUT2D eigenvalue weighted by Gasteiger charge is 2.52. The van der Waals surface area contributed by atoms with Crippen LogP contribution in [0, 0.1) is 0 Å². The number of alkyl halides is 1. The Morgan fingerprint density at radius 1 is 0.698 bits per heavy atom. The summed E-state index contributed by atoms with van der Waals surface area (Å²) in [5, 5.41) is 29.3. The van der Waals surface area contributed by atoms with Crippen molar-refractivity contribution in [3.8, 4) is 22.9 Å². The SMILES string of the molecule is OCCN(CCO)c1ccc2c(c1)Oc1cc(N(CCO)CCI)ccc1C21c2ccccc2-c2nc3ccccc3n21. The third-order valence-electron chi connectivity index (χ3n) is 8.58. The van der Waals surface area contributed by atoms with E-state index in [1.54, 1.807) is 0 Å². The Labute approximate surface area is 263 Å². The van der Waals surface area contributed by atoms with Crippen molar-refractivity contribution in [3.63, 3.8) is 0 Å². The third-order valence-corrected chi connectivity index (χ3v) is 9.06. The van der Waals surface area contributed by atoms with E-state index in [-0.39, 0.29) is 19.8 Å². The maximum atomic E-state index is 9.80. The van der Waals surface area contributed by atoms with Gasteiger partial charge in [-0.05, 0) is 29.8 Å². The lowest BCUT2D eigenvalue weighted by atomic mass is 9.74. The zero-order valence-electron chi connectivity index (χ0n) is 23.7. The number of aliphatic hydroxyl groups is 3. The molecule has 4 aromatic carbocycles. The van der Waals surface area contributed by atoms with Crippen LogP contribution in [0.25, 0.3) is 22.4 Å². The highest BCUT2D eigenvalue weighted by atomic mass is 127. The largest absolute Gasteiger partial charge is 0.456 e. The number of nitrogens with zero attached hydrogens (tertiary/aromatic N) is 4. The van der Waals surface area contributed by atoms with Crippen molar-refractivity contribution < 1.29 is 20.1 Å². The van der Waals surface area contributed by atoms with E-state index in [0.717, 1.165) is 67.2 Å². The Bertz CT molecular complexity index is 1730. The number of imidazole rings is 1. The molecule has 0 saturated carbocycles. The standard InChI is InChI=1S/C34H33IN4O4/c35-13-14-37(15-18-40)23-9-11-27-31(21-23)43-32-22-24(38(16-19-41)17-20-42)10-12-28(32)34(27)26-6-2-1-5-25(26)33-36-29-7-3-4-8-30(29)39(33)34/h1-12,21-22,40-42H,13-20H2. The number of halogens is 1. The van der Waals surface area contributed by atoms with Gasteiger partial charge in [0.1, 0.15) is 22.9 Å². The molecule has 43 heavy (non-hydrogen) atoms. The lowest BCUT2D eigenvalue weighted by molar-refractivity contribution is 0.281. The van der Waals surface area contributed by atoms with Crippen LogP contribution in [0.3, 0.4) is 0 Å². The summed E-state index contributed by atoms with van der Waals surface area (Å²) in [7, 11) is 0. The van der Waals surface area contributed by atoms with Gasteiger partial charge < -0.3 is 34.4 Å². The number of hydrogen-bond donors (Lipinski definition) is 3. The molecule has 0 fully saturated rings. The summed E-state index contributed by atoms with van der Waals surface area (Å²) in [5.41, 5.74) is 7.32. The molecule has 8 nitrogen and oxygen atoms in total. The summed E-state index contributed by atoms with van der Waals surface area (Å²) in [5.74, 6) is 2.37. The number of aliphatic hydroxyl groups excluding tert-OH is 3. The van der Waals surface area contributed by atoms with Crippen LogP contribution in [0.5, 0.6) is 11.5 Å². The maximum absolute atomic E-state index is 9.80. The number of aromatic nitrogens is 2. The second kappa shape index (κ2) is 11.5. The molecule has 1 atom stereocenters. The van der Waals surface area contributed by atoms with Crippen molar-refractivity contribution in [3.05, 3.63) is 102 Å². The molecule has 3 N–H and O–H groups in total. The van der Waals surface area contributed by atoms with Crippen molar-refractivity contribution in [1.82, 2.24) is 9.55 Å². The van der Waals surface area contributed by atoms with E-state index in [1.165, 1.54) is 0 Å². The molecule has 5 aromatic rings. The zero-order valence-corrected chi connectivity index (χ0v) is 25.8. The fourth-order valence-electron chi connectivity index (χ4n) is 6.84. The molecule has 9 heteroatoms. The van der Waals surface area contributed by atoms with E-state index in [2.05, 4.69) is 105 Å². The van der Waals surface area contributed by atoms with Gasteiger partial charge in [0.2, 0.25) is 0 Å². The molecule has 2 aliphatic rings. The minimum Gasteiger partial charge on any atom is -0.456 e. The second-order valence-electron chi connectivity index (χ2n) is 10.8. The molecule has 0 amide bonds. The fourth-order valence-corrected chi connectivity index (χ4v) is 7.42. The van der Waals surface area contributed by atoms with Gasteiger partial charge in [-0.2, -0.15) is 0 Å². The van der Waals surface area contributed by atoms with Crippen LogP contribution >= 0.6 is 22.6 Å². The van der Waals surface area contributed by atoms with Crippen molar-refractivity contribution in [1.29, 1.82) is 0 Å². The molecule has 2 aliphatic heterocycles. The van der Waals surface area contributed by atoms with Gasteiger partial charge in [0.25, 0.3) is 0 Å². The lowest BCUT2D eigenvalue weighted by Gasteiger charge is -2.41. The van der Waals surface area contributed by atoms with E-state index in [0.29, 0.717) is 25.4 Å². The van der Waals surface area contributed by atoms with Crippen LogP contribution < -0.4 is 14.5 Å². The number of para-hydroxylation sites is 2. The van der Waals surface area contributed by atoms with Gasteiger partial charge >= 0.3 is 0 Å². The van der Waals surface area contributed by atoms with Gasteiger partial charge in [-0.1, -0.05) is 71.1 Å². The molecular formula is C34H33IN4O4. The average Bonchev–Trinajstić information content (AvgIpc) is 3.55. The van der Waals surface area contributed by atoms with E-state index < -0.39 is 5.54 Å². The monoisotopic (exact) mass is 688 g/mol. The summed E-state index contributed by atoms with van der Waals surface area (Å²) in [4.78, 5) is 9.29. The third kappa shape index (κ3) is 4.32. The first-order valence-corrected chi connectivity index (χ1v) is 16.1. The Morgan fingerprint density at radius 2 is 1.28 bits per heavy atom. The first-order valence-electron chi connectivity index (χ1n) is 14.6. The average molecular weight is 689 g/mol. The summed E-state index contributed by atoms with van der Waals surface area (Å²) >= 11 is 2.36. The smallest absolute Gasteiger partial charge is 0.142 e. The molecule has 0 bridgehead atoms. The topological polar surface area (TPSA) is 94.2 Å². The Hall–Kier alpha value is -3.64. The normalized spacial score (nSPS) is 16.0. The van der Waals surface area contributed by atoms with Crippen molar-refractivity contribution in [2.45, 2.75) is 5.54 Å². The highest BCUT2D eigenvalue weighted by molar-refractivity contribution is 14.1. The molecule has 0 saturated heterocycles. The van der Waals surface area contributed by atoms with Gasteiger partial charge in [-0.3, -0.25) is 0 Å². The van der Waals surface area contributed by atoms with Crippen LogP contribution in [0.1, 0.15) is 16.7 Å². The first-order chi connectivity index (χ1) is 21.1. The molecule has 1 aromatic heterocycles. The van der Waals surface area contributed by atoms with Crippen LogP contribution in [0.15, 0.2) is 84.9 Å². The number of hydrogen-bond acceptors (Lipinski definition) is 7. The van der Waals surface area contributed by atoms with Gasteiger partial charge in [0.15, 0.2) is 0 Å². The number of fused-ring (bicyclic) bond motifs is 11. The highest BCUT2D eigenvalue weighted by Crippen LogP contribution is 2.60. The van der Waals surface area contributed by atoms with E-state index in [1.807, 2.05) is 17.0 Å². The summed E-state index contributed by atoms with van der Waals surface area (Å²) < 4.78 is 10.1. The van der Waals surface area contributed by atoms with Crippen molar-refractivity contribution >= 4 is 45.0 Å². The molecule has 220 valence electrons. The second-order valence-corrected chi connectivity index (χ2v) is 11.9. The van der Waals surface area contributed by atoms with Gasteiger partial charge in [0.05, 0.1) is 30.9 Å². The number of anilines is 2. The number of rotatable bonds is 10. The van der Waals surface area contributed by atoms with Crippen LogP contribution in [-0.4, -0.2) is 75.3 Å². The molecular weight excluding hydrogens is 655 g/mol. The minimum absolute atomic E-state index is 0.0245. The summed E-state index contributed by atoms with van der Waals surface area (Å²) in [6.07, 6.45) is 0. The maximum Gasteiger partial charge on any atom is 0.142 e. The quantitative estimate of drug-likeness (QED) is 0.138. The van der Waals surface area contributed by atoms with Crippen LogP contribution in [0.2, 0.25) is 0 Å². The zero-order chi connectivity index (χ0) is 29.6. The minimum atomic E-state index is -0.744. The van der Waals surface area contributed by atoms with Gasteiger partial charge in [-0.25, -0.2) is 4.98 Å². The Balaban J connectivity index is 1.54. The Kier molecular flexibility index (Phi) is 7.50. The van der Waals surface area contributed by atoms with Crippen LogP contribution in [-0.2, 0) is 5.54 Å². The van der Waals surface area contributed by atoms with Crippen molar-refractivity contribution in [2.24, 2.45) is 0 Å². The first kappa shape index (κ1) is 28.1. The predicted molar refractivity (Wildman–Crippen MR) is 178 cm³/mol. The summed E-state index contributed by atoms with van der Waals surface area (Å²) in [6.45, 7) is 2.15. The van der Waals surface area contributed by atoms with Gasteiger partial charge in [-0.15, -0.1) is 0 Å².